The summed E-state index contributed by atoms with van der Waals surface area (Å²) in [4.78, 5) is 45.2. The van der Waals surface area contributed by atoms with Gasteiger partial charge in [-0.05, 0) is 107 Å². The molecule has 29 N–H and O–H groups in total. The second-order valence-electron chi connectivity index (χ2n) is 22.4. The summed E-state index contributed by atoms with van der Waals surface area (Å²) in [6.45, 7) is 4.03. The number of guanidine groups is 12. The molecule has 0 bridgehead atoms. The Morgan fingerprint density at radius 1 is 0.417 bits per heavy atom. The zero-order chi connectivity index (χ0) is 62.8. The van der Waals surface area contributed by atoms with Crippen molar-refractivity contribution in [3.63, 3.8) is 0 Å². The van der Waals surface area contributed by atoms with Gasteiger partial charge in [-0.3, -0.25) is 56.3 Å². The minimum atomic E-state index is -0.0791. The van der Waals surface area contributed by atoms with Crippen molar-refractivity contribution in [2.45, 2.75) is 160 Å². The van der Waals surface area contributed by atoms with Crippen molar-refractivity contribution < 1.29 is 0 Å². The predicted octanol–water partition coefficient (Wildman–Crippen LogP) is 0.829. The Balaban J connectivity index is 0.000000504. The monoisotopic (exact) mass is 1180 g/mol. The van der Waals surface area contributed by atoms with Crippen LogP contribution < -0.4 is 84.8 Å². The molecule has 0 aromatic carbocycles. The van der Waals surface area contributed by atoms with Gasteiger partial charge >= 0.3 is 0 Å². The number of nitrogens with two attached hydrogens (primary N) is 12. The lowest BCUT2D eigenvalue weighted by atomic mass is 10.1. The summed E-state index contributed by atoms with van der Waals surface area (Å²) in [6, 6.07) is 0.355. The maximum atomic E-state index is 7.16. The van der Waals surface area contributed by atoms with Crippen molar-refractivity contribution in [3.05, 3.63) is 0 Å². The van der Waals surface area contributed by atoms with E-state index >= 15 is 0 Å². The summed E-state index contributed by atoms with van der Waals surface area (Å²) in [5.41, 5.74) is 65.4. The van der Waals surface area contributed by atoms with Gasteiger partial charge in [0, 0.05) is 82.1 Å². The summed E-state index contributed by atoms with van der Waals surface area (Å²) in [5.74, 6) is 6.45. The molecule has 0 radical (unpaired) electrons. The van der Waals surface area contributed by atoms with Crippen molar-refractivity contribution in [1.82, 2.24) is 30.7 Å². The van der Waals surface area contributed by atoms with Crippen LogP contribution in [0.1, 0.15) is 154 Å². The highest BCUT2D eigenvalue weighted by atomic mass is 15.3. The second kappa shape index (κ2) is 44.0. The summed E-state index contributed by atoms with van der Waals surface area (Å²) in [5, 5.41) is 22.7. The van der Waals surface area contributed by atoms with Crippen molar-refractivity contribution in [2.75, 3.05) is 82.1 Å². The first-order valence-corrected chi connectivity index (χ1v) is 30.0. The SMILES string of the molecule is CN(C(=N)N)C(N)=NCC1CCCC1.CN(C)C(N)=NC(N)=NC1CCCC1.CN(C)C(N)=NC(N)=NCC1CCCC1.CN=C(N)NC(N)=NCC1CCCC1.CN=C(NCC1CCCC1)NC(=N)N.NC(N)=NC(N)=NCC1CCCC1. The Labute approximate surface area is 501 Å². The number of hydrogen-bond donors (Lipinski definition) is 17. The minimum absolute atomic E-state index is 0.0346. The Morgan fingerprint density at radius 2 is 0.786 bits per heavy atom. The number of rotatable bonds is 11. The van der Waals surface area contributed by atoms with Crippen molar-refractivity contribution in [1.29, 1.82) is 10.8 Å². The second-order valence-corrected chi connectivity index (χ2v) is 22.4. The normalized spacial score (nSPS) is 19.2. The molecule has 0 aromatic rings. The molecule has 84 heavy (non-hydrogen) atoms. The van der Waals surface area contributed by atoms with Gasteiger partial charge in [-0.1, -0.05) is 77.0 Å². The number of hydrogen-bond acceptors (Lipinski definition) is 9. The summed E-state index contributed by atoms with van der Waals surface area (Å²) < 4.78 is 0. The lowest BCUT2D eigenvalue weighted by Gasteiger charge is -2.15. The van der Waals surface area contributed by atoms with Crippen LogP contribution in [0.3, 0.4) is 0 Å². The van der Waals surface area contributed by atoms with Gasteiger partial charge < -0.3 is 83.9 Å². The van der Waals surface area contributed by atoms with Crippen LogP contribution in [0.4, 0.5) is 0 Å². The molecule has 6 aliphatic carbocycles. The number of nitrogens with zero attached hydrogens (tertiary/aromatic N) is 13. The molecule has 0 aliphatic heterocycles. The summed E-state index contributed by atoms with van der Waals surface area (Å²) in [7, 11) is 12.2. The van der Waals surface area contributed by atoms with Gasteiger partial charge in [-0.25, -0.2) is 4.99 Å². The molecule has 6 saturated carbocycles. The molecule has 6 fully saturated rings. The van der Waals surface area contributed by atoms with Crippen molar-refractivity contribution in [2.24, 2.45) is 148 Å². The van der Waals surface area contributed by atoms with Crippen LogP contribution in [0.25, 0.3) is 0 Å². The van der Waals surface area contributed by atoms with E-state index in [-0.39, 0.29) is 29.8 Å². The van der Waals surface area contributed by atoms with Crippen LogP contribution >= 0.6 is 0 Å². The van der Waals surface area contributed by atoms with Gasteiger partial charge in [0.2, 0.25) is 17.9 Å². The topological polar surface area (TPSA) is 529 Å². The number of nitrogens with one attached hydrogen (secondary N) is 5. The van der Waals surface area contributed by atoms with Crippen LogP contribution in [-0.2, 0) is 0 Å². The predicted molar refractivity (Wildman–Crippen MR) is 353 cm³/mol. The molecular weight excluding hydrogens is 1070 g/mol. The average Bonchev–Trinajstić information content (AvgIpc) is 4.32. The number of aliphatic imine (C=N–C) groups is 10. The van der Waals surface area contributed by atoms with E-state index in [2.05, 4.69) is 65.9 Å². The highest BCUT2D eigenvalue weighted by Gasteiger charge is 2.19. The molecule has 0 spiro atoms. The minimum Gasteiger partial charge on any atom is -0.370 e. The fourth-order valence-corrected chi connectivity index (χ4v) is 9.77. The van der Waals surface area contributed by atoms with Gasteiger partial charge in [0.25, 0.3) is 0 Å². The molecule has 0 saturated heterocycles. The maximum Gasteiger partial charge on any atom is 0.218 e. The maximum absolute atomic E-state index is 7.16. The van der Waals surface area contributed by atoms with Crippen molar-refractivity contribution in [3.8, 4) is 0 Å². The van der Waals surface area contributed by atoms with E-state index in [1.807, 2.05) is 28.2 Å². The molecule has 480 valence electrons. The van der Waals surface area contributed by atoms with Gasteiger partial charge in [-0.2, -0.15) is 15.0 Å². The van der Waals surface area contributed by atoms with Crippen LogP contribution in [-0.4, -0.2) is 174 Å². The van der Waals surface area contributed by atoms with Crippen LogP contribution in [0.2, 0.25) is 0 Å². The fraction of sp³-hybridized carbons (Fsp3) is 0.778. The molecule has 0 aromatic heterocycles. The summed E-state index contributed by atoms with van der Waals surface area (Å²) in [6.07, 6.45) is 30.6. The van der Waals surface area contributed by atoms with Crippen molar-refractivity contribution >= 4 is 71.5 Å². The molecule has 0 unspecified atom stereocenters. The van der Waals surface area contributed by atoms with E-state index in [0.29, 0.717) is 71.4 Å². The molecule has 6 rings (SSSR count). The fourth-order valence-electron chi connectivity index (χ4n) is 9.77. The van der Waals surface area contributed by atoms with E-state index in [4.69, 9.17) is 79.6 Å². The van der Waals surface area contributed by atoms with Gasteiger partial charge in [-0.15, -0.1) is 0 Å². The quantitative estimate of drug-likeness (QED) is 0.101. The first-order valence-electron chi connectivity index (χ1n) is 30.0. The molecule has 0 atom stereocenters. The van der Waals surface area contributed by atoms with E-state index < -0.39 is 0 Å². The first kappa shape index (κ1) is 74.5. The lowest BCUT2D eigenvalue weighted by molar-refractivity contribution is 0.533. The Morgan fingerprint density at radius 3 is 1.15 bits per heavy atom. The lowest BCUT2D eigenvalue weighted by Crippen LogP contribution is -2.45. The molecule has 30 nitrogen and oxygen atoms in total. The largest absolute Gasteiger partial charge is 0.370 e. The highest BCUT2D eigenvalue weighted by molar-refractivity contribution is 5.98. The van der Waals surface area contributed by atoms with E-state index in [0.717, 1.165) is 51.5 Å². The Hall–Kier alpha value is -7.56. The summed E-state index contributed by atoms with van der Waals surface area (Å²) >= 11 is 0. The molecular formula is C54H114N30. The zero-order valence-electron chi connectivity index (χ0n) is 52.2. The molecule has 6 aliphatic rings. The highest BCUT2D eigenvalue weighted by Crippen LogP contribution is 2.27. The molecule has 30 heteroatoms. The smallest absolute Gasteiger partial charge is 0.218 e. The Bertz CT molecular complexity index is 2150. The third-order valence-corrected chi connectivity index (χ3v) is 14.9. The van der Waals surface area contributed by atoms with Crippen LogP contribution in [0.5, 0.6) is 0 Å². The van der Waals surface area contributed by atoms with Crippen LogP contribution in [0.15, 0.2) is 49.9 Å². The average molecular weight is 1180 g/mol. The van der Waals surface area contributed by atoms with E-state index in [1.165, 1.54) is 146 Å². The standard InChI is InChI=1S/C10H21N5.4C9H19N5.C8H17N5/c1-15(2)10(12)14-9(11)13-7-8-5-3-4-6-8;1-14(2)9(11)13-8(10)12-7-5-3-4-6-7;1-12-8(10)14-9(11)13-6-7-4-2-3-5-7;1-14(8(10)11)9(12)13-6-7-4-2-3-5-7;1-12-9(14-8(10)11)13-6-7-4-2-3-5-7;9-7(10)13-8(11)12-5-6-3-1-2-4-6/h8H,3-7H2,1-2H3,(H4,11,12,13,14);7H,3-6H2,1-2H3,(H4,10,11,12,13);7H,2-6H2,1H3,(H5,10,11,12,13,14);7H,2-6H2,1H3,(H3,10,11)(H2,12,13);7H,2-6H2,1H3,(H5,10,11,12,13,14);6H,1-5H2,(H6,9,10,11,12,13). The van der Waals surface area contributed by atoms with E-state index in [9.17, 15) is 0 Å². The van der Waals surface area contributed by atoms with Gasteiger partial charge in [0.15, 0.2) is 53.6 Å². The first-order chi connectivity index (χ1) is 39.9. The Kier molecular flexibility index (Phi) is 39.0. The molecule has 0 amide bonds. The van der Waals surface area contributed by atoms with E-state index in [1.54, 1.807) is 30.9 Å². The zero-order valence-corrected chi connectivity index (χ0v) is 52.2. The third kappa shape index (κ3) is 37.5. The molecule has 0 heterocycles. The third-order valence-electron chi connectivity index (χ3n) is 14.9. The van der Waals surface area contributed by atoms with Gasteiger partial charge in [0.1, 0.15) is 0 Å². The van der Waals surface area contributed by atoms with Gasteiger partial charge in [0.05, 0.1) is 6.04 Å². The van der Waals surface area contributed by atoms with Crippen LogP contribution in [0, 0.1) is 40.4 Å².